The summed E-state index contributed by atoms with van der Waals surface area (Å²) in [5.74, 6) is -1.33. The van der Waals surface area contributed by atoms with Crippen LogP contribution in [-0.2, 0) is 11.2 Å². The minimum atomic E-state index is -0.585. The topological polar surface area (TPSA) is 147 Å². The molecule has 3 aliphatic rings. The van der Waals surface area contributed by atoms with E-state index in [9.17, 15) is 14.0 Å². The fourth-order valence-corrected chi connectivity index (χ4v) is 5.44. The third kappa shape index (κ3) is 6.34. The van der Waals surface area contributed by atoms with Gasteiger partial charge in [0.25, 0.3) is 5.91 Å². The van der Waals surface area contributed by atoms with E-state index >= 15 is 0 Å². The summed E-state index contributed by atoms with van der Waals surface area (Å²) < 4.78 is 14.8. The number of anilines is 2. The number of aromatic nitrogens is 2. The second-order valence-electron chi connectivity index (χ2n) is 10.5. The fourth-order valence-electron chi connectivity index (χ4n) is 5.28. The van der Waals surface area contributed by atoms with Crippen molar-refractivity contribution in [2.75, 3.05) is 18.4 Å². The third-order valence-corrected chi connectivity index (χ3v) is 7.71. The summed E-state index contributed by atoms with van der Waals surface area (Å²) in [7, 11) is 0. The SMILES string of the molecule is NC(=NC(=O)c1ccc(Nc2ncc3c(n2)C2=CN=C(Cl)C=C(c4ccccc4F)C2=CC3)cc1)NC(=O)C1CCCNC1. The molecule has 0 radical (unpaired) electrons. The smallest absolute Gasteiger partial charge is 0.280 e. The van der Waals surface area contributed by atoms with Crippen molar-refractivity contribution in [2.45, 2.75) is 19.3 Å². The van der Waals surface area contributed by atoms with E-state index in [0.717, 1.165) is 30.5 Å². The van der Waals surface area contributed by atoms with Gasteiger partial charge in [-0.25, -0.2) is 19.4 Å². The Morgan fingerprint density at radius 2 is 1.91 bits per heavy atom. The molecule has 5 N–H and O–H groups in total. The molecule has 1 atom stereocenters. The van der Waals surface area contributed by atoms with Crippen molar-refractivity contribution < 1.29 is 14.0 Å². The molecule has 2 aliphatic heterocycles. The van der Waals surface area contributed by atoms with Gasteiger partial charge in [0, 0.05) is 46.9 Å². The molecule has 0 saturated carbocycles. The number of rotatable bonds is 5. The first-order valence-electron chi connectivity index (χ1n) is 14.1. The largest absolute Gasteiger partial charge is 0.369 e. The highest BCUT2D eigenvalue weighted by Crippen LogP contribution is 2.41. The van der Waals surface area contributed by atoms with E-state index in [2.05, 4.69) is 30.9 Å². The summed E-state index contributed by atoms with van der Waals surface area (Å²) in [6, 6.07) is 13.1. The van der Waals surface area contributed by atoms with Crippen LogP contribution in [-0.4, -0.2) is 46.0 Å². The summed E-state index contributed by atoms with van der Waals surface area (Å²) in [5, 5.41) is 9.06. The van der Waals surface area contributed by atoms with Crippen molar-refractivity contribution in [1.82, 2.24) is 20.6 Å². The number of hydrogen-bond donors (Lipinski definition) is 4. The Bertz CT molecular complexity index is 1790. The van der Waals surface area contributed by atoms with Crippen molar-refractivity contribution in [2.24, 2.45) is 21.6 Å². The van der Waals surface area contributed by atoms with Crippen LogP contribution in [0.1, 0.15) is 40.0 Å². The zero-order valence-electron chi connectivity index (χ0n) is 23.5. The molecule has 1 fully saturated rings. The lowest BCUT2D eigenvalue weighted by Crippen LogP contribution is -2.45. The predicted molar refractivity (Wildman–Crippen MR) is 169 cm³/mol. The number of carbonyl (C=O) groups is 2. The molecule has 0 bridgehead atoms. The summed E-state index contributed by atoms with van der Waals surface area (Å²) in [6.07, 6.45) is 9.22. The molecule has 1 aromatic heterocycles. The molecule has 3 aromatic rings. The quantitative estimate of drug-likeness (QED) is 0.246. The van der Waals surface area contributed by atoms with Gasteiger partial charge in [-0.15, -0.1) is 0 Å². The third-order valence-electron chi connectivity index (χ3n) is 7.50. The summed E-state index contributed by atoms with van der Waals surface area (Å²) in [6.45, 7) is 1.45. The van der Waals surface area contributed by atoms with Crippen LogP contribution < -0.4 is 21.7 Å². The first kappa shape index (κ1) is 29.1. The Hall–Kier alpha value is -5.00. The normalized spacial score (nSPS) is 18.0. The number of nitrogens with two attached hydrogens (primary N) is 1. The standard InChI is InChI=1S/C32H28ClFN8O2/c33-27-14-24(23-5-1-2-6-26(23)34)22-12-9-19-16-38-32(40-28(19)25(22)17-37-27)39-21-10-7-18(8-11-21)29(43)41-31(35)42-30(44)20-4-3-13-36-15-20/h1-2,5-8,10-12,14,16-17,20,36H,3-4,9,13,15H2,(H,38,39,40)(H3,35,41,42,43,44). The Labute approximate surface area is 257 Å². The molecule has 1 aliphatic carbocycles. The highest BCUT2D eigenvalue weighted by Gasteiger charge is 2.26. The highest BCUT2D eigenvalue weighted by atomic mass is 35.5. The van der Waals surface area contributed by atoms with Crippen LogP contribution in [0.15, 0.2) is 88.6 Å². The van der Waals surface area contributed by atoms with Crippen LogP contribution in [0.4, 0.5) is 16.0 Å². The minimum absolute atomic E-state index is 0.207. The lowest BCUT2D eigenvalue weighted by atomic mass is 9.85. The minimum Gasteiger partial charge on any atom is -0.369 e. The van der Waals surface area contributed by atoms with Gasteiger partial charge < -0.3 is 16.4 Å². The van der Waals surface area contributed by atoms with Gasteiger partial charge in [0.05, 0.1) is 11.6 Å². The molecule has 2 amide bonds. The van der Waals surface area contributed by atoms with Crippen LogP contribution in [0.3, 0.4) is 0 Å². The molecule has 6 rings (SSSR count). The number of fused-ring (bicyclic) bond motifs is 3. The van der Waals surface area contributed by atoms with E-state index in [1.54, 1.807) is 60.9 Å². The van der Waals surface area contributed by atoms with E-state index in [-0.39, 0.29) is 28.8 Å². The van der Waals surface area contributed by atoms with Crippen molar-refractivity contribution in [3.05, 3.63) is 107 Å². The molecule has 44 heavy (non-hydrogen) atoms. The molecule has 12 heteroatoms. The van der Waals surface area contributed by atoms with Gasteiger partial charge >= 0.3 is 0 Å². The molecule has 1 unspecified atom stereocenters. The molecule has 2 aromatic carbocycles. The Balaban J connectivity index is 1.17. The van der Waals surface area contributed by atoms with Crippen LogP contribution in [0, 0.1) is 11.7 Å². The zero-order chi connectivity index (χ0) is 30.6. The second-order valence-corrected chi connectivity index (χ2v) is 10.8. The molecule has 1 saturated heterocycles. The van der Waals surface area contributed by atoms with E-state index in [1.807, 2.05) is 6.08 Å². The maximum atomic E-state index is 14.8. The van der Waals surface area contributed by atoms with Crippen molar-refractivity contribution in [3.8, 4) is 0 Å². The summed E-state index contributed by atoms with van der Waals surface area (Å²) >= 11 is 6.34. The van der Waals surface area contributed by atoms with Crippen LogP contribution >= 0.6 is 11.6 Å². The molecule has 222 valence electrons. The molecular weight excluding hydrogens is 583 g/mol. The number of aliphatic imine (C=N–C) groups is 2. The van der Waals surface area contributed by atoms with Gasteiger partial charge in [0.2, 0.25) is 17.8 Å². The van der Waals surface area contributed by atoms with Crippen LogP contribution in [0.5, 0.6) is 0 Å². The maximum absolute atomic E-state index is 14.8. The number of piperidine rings is 1. The lowest BCUT2D eigenvalue weighted by molar-refractivity contribution is -0.124. The number of amides is 2. The van der Waals surface area contributed by atoms with E-state index in [0.29, 0.717) is 52.6 Å². The number of nitrogens with one attached hydrogen (secondary N) is 3. The number of hydrogen-bond acceptors (Lipinski definition) is 7. The van der Waals surface area contributed by atoms with Gasteiger partial charge in [-0.2, -0.15) is 4.99 Å². The average molecular weight is 611 g/mol. The monoisotopic (exact) mass is 610 g/mol. The van der Waals surface area contributed by atoms with Crippen molar-refractivity contribution >= 4 is 57.3 Å². The Morgan fingerprint density at radius 3 is 2.68 bits per heavy atom. The van der Waals surface area contributed by atoms with E-state index < -0.39 is 5.91 Å². The average Bonchev–Trinajstić information content (AvgIpc) is 3.20. The fraction of sp³-hybridized carbons (Fsp3) is 0.188. The van der Waals surface area contributed by atoms with Crippen LogP contribution in [0.2, 0.25) is 0 Å². The van der Waals surface area contributed by atoms with Gasteiger partial charge in [-0.3, -0.25) is 14.9 Å². The first-order chi connectivity index (χ1) is 21.4. The van der Waals surface area contributed by atoms with Gasteiger partial charge in [-0.1, -0.05) is 35.9 Å². The number of nitrogens with zero attached hydrogens (tertiary/aromatic N) is 4. The summed E-state index contributed by atoms with van der Waals surface area (Å²) in [5.41, 5.74) is 10.8. The maximum Gasteiger partial charge on any atom is 0.280 e. The van der Waals surface area contributed by atoms with Crippen LogP contribution in [0.25, 0.3) is 11.1 Å². The van der Waals surface area contributed by atoms with Gasteiger partial charge in [0.1, 0.15) is 11.0 Å². The number of halogens is 2. The van der Waals surface area contributed by atoms with Crippen molar-refractivity contribution in [1.29, 1.82) is 0 Å². The van der Waals surface area contributed by atoms with Gasteiger partial charge in [-0.05, 0) is 73.4 Å². The number of carbonyl (C=O) groups excluding carboxylic acids is 2. The van der Waals surface area contributed by atoms with E-state index in [4.69, 9.17) is 22.3 Å². The lowest BCUT2D eigenvalue weighted by Gasteiger charge is -2.21. The molecule has 3 heterocycles. The Morgan fingerprint density at radius 1 is 1.09 bits per heavy atom. The van der Waals surface area contributed by atoms with E-state index in [1.165, 1.54) is 6.07 Å². The zero-order valence-corrected chi connectivity index (χ0v) is 24.2. The molecule has 10 nitrogen and oxygen atoms in total. The molecule has 0 spiro atoms. The number of guanidine groups is 1. The number of benzene rings is 2. The van der Waals surface area contributed by atoms with Crippen molar-refractivity contribution in [3.63, 3.8) is 0 Å². The highest BCUT2D eigenvalue weighted by molar-refractivity contribution is 6.69. The second kappa shape index (κ2) is 12.7. The summed E-state index contributed by atoms with van der Waals surface area (Å²) in [4.78, 5) is 42.4. The first-order valence-corrected chi connectivity index (χ1v) is 14.5. The Kier molecular flexibility index (Phi) is 8.40. The molecular formula is C32H28ClFN8O2. The van der Waals surface area contributed by atoms with Gasteiger partial charge in [0.15, 0.2) is 0 Å². The predicted octanol–water partition coefficient (Wildman–Crippen LogP) is 4.49. The number of allylic oxidation sites excluding steroid dienone is 5.